The summed E-state index contributed by atoms with van der Waals surface area (Å²) in [6, 6.07) is 6.54. The van der Waals surface area contributed by atoms with Gasteiger partial charge in [0.2, 0.25) is 0 Å². The predicted molar refractivity (Wildman–Crippen MR) is 54.0 cm³/mol. The number of benzene rings is 1. The Kier molecular flexibility index (Phi) is 1.38. The minimum absolute atomic E-state index is 0.320. The summed E-state index contributed by atoms with van der Waals surface area (Å²) >= 11 is 5.99. The van der Waals surface area contributed by atoms with Crippen LogP contribution in [-0.4, -0.2) is 6.04 Å². The molecule has 13 heavy (non-hydrogen) atoms. The molecular weight excluding hydrogens is 182 g/mol. The van der Waals surface area contributed by atoms with Crippen molar-refractivity contribution in [1.82, 2.24) is 0 Å². The quantitative estimate of drug-likeness (QED) is 0.672. The van der Waals surface area contributed by atoms with Crippen LogP contribution in [0.4, 0.5) is 0 Å². The number of fused-ring (bicyclic) bond motifs is 2. The standard InChI is InChI=1S/C11H12ClN/c12-8-2-1-7-5-10(13)11(3-4-11)9(7)6-8/h1-2,6,10H,3-5,13H2. The van der Waals surface area contributed by atoms with Crippen LogP contribution >= 0.6 is 11.6 Å². The van der Waals surface area contributed by atoms with E-state index in [-0.39, 0.29) is 0 Å². The van der Waals surface area contributed by atoms with E-state index >= 15 is 0 Å². The highest BCUT2D eigenvalue weighted by Crippen LogP contribution is 2.56. The maximum absolute atomic E-state index is 6.13. The van der Waals surface area contributed by atoms with Crippen LogP contribution in [0.5, 0.6) is 0 Å². The summed E-state index contributed by atoms with van der Waals surface area (Å²) in [5.74, 6) is 0. The zero-order valence-electron chi connectivity index (χ0n) is 7.39. The molecule has 2 N–H and O–H groups in total. The Morgan fingerprint density at radius 3 is 2.85 bits per heavy atom. The summed E-state index contributed by atoms with van der Waals surface area (Å²) in [6.07, 6.45) is 3.54. The number of hydrogen-bond donors (Lipinski definition) is 1. The SMILES string of the molecule is NC1Cc2ccc(Cl)cc2C12CC2. The zero-order valence-corrected chi connectivity index (χ0v) is 8.14. The van der Waals surface area contributed by atoms with E-state index in [1.165, 1.54) is 24.0 Å². The van der Waals surface area contributed by atoms with Gasteiger partial charge in [0.25, 0.3) is 0 Å². The van der Waals surface area contributed by atoms with Crippen LogP contribution in [0.25, 0.3) is 0 Å². The average Bonchev–Trinajstić information content (AvgIpc) is 2.83. The lowest BCUT2D eigenvalue weighted by Gasteiger charge is -2.13. The highest BCUT2D eigenvalue weighted by atomic mass is 35.5. The third-order valence-electron chi connectivity index (χ3n) is 3.55. The Morgan fingerprint density at radius 2 is 2.15 bits per heavy atom. The lowest BCUT2D eigenvalue weighted by atomic mass is 9.96. The van der Waals surface area contributed by atoms with Gasteiger partial charge in [0, 0.05) is 16.5 Å². The molecule has 0 aromatic heterocycles. The van der Waals surface area contributed by atoms with E-state index in [9.17, 15) is 0 Å². The van der Waals surface area contributed by atoms with Crippen molar-refractivity contribution >= 4 is 11.6 Å². The predicted octanol–water partition coefficient (Wildman–Crippen LogP) is 2.26. The molecule has 3 rings (SSSR count). The van der Waals surface area contributed by atoms with Crippen molar-refractivity contribution in [3.8, 4) is 0 Å². The van der Waals surface area contributed by atoms with Gasteiger partial charge in [-0.25, -0.2) is 0 Å². The highest BCUT2D eigenvalue weighted by Gasteiger charge is 2.53. The number of rotatable bonds is 0. The molecule has 2 heteroatoms. The summed E-state index contributed by atoms with van der Waals surface area (Å²) < 4.78 is 0. The summed E-state index contributed by atoms with van der Waals surface area (Å²) in [4.78, 5) is 0. The monoisotopic (exact) mass is 193 g/mol. The van der Waals surface area contributed by atoms with Crippen molar-refractivity contribution in [2.24, 2.45) is 5.73 Å². The molecule has 2 aliphatic carbocycles. The number of nitrogens with two attached hydrogens (primary N) is 1. The number of halogens is 1. The van der Waals surface area contributed by atoms with Crippen LogP contribution in [0.3, 0.4) is 0 Å². The maximum atomic E-state index is 6.13. The molecule has 1 fully saturated rings. The second-order valence-corrected chi connectivity index (χ2v) is 4.70. The van der Waals surface area contributed by atoms with E-state index in [2.05, 4.69) is 12.1 Å². The Balaban J connectivity index is 2.19. The molecule has 0 heterocycles. The van der Waals surface area contributed by atoms with Crippen molar-refractivity contribution in [2.75, 3.05) is 0 Å². The first-order chi connectivity index (χ1) is 6.22. The highest BCUT2D eigenvalue weighted by molar-refractivity contribution is 6.30. The molecule has 1 saturated carbocycles. The van der Waals surface area contributed by atoms with Crippen LogP contribution in [-0.2, 0) is 11.8 Å². The molecule has 2 aliphatic rings. The first kappa shape index (κ1) is 7.84. The maximum Gasteiger partial charge on any atom is 0.0409 e. The second-order valence-electron chi connectivity index (χ2n) is 4.27. The largest absolute Gasteiger partial charge is 0.327 e. The van der Waals surface area contributed by atoms with E-state index in [4.69, 9.17) is 17.3 Å². The zero-order chi connectivity index (χ0) is 9.05. The molecular formula is C11H12ClN. The van der Waals surface area contributed by atoms with Crippen LogP contribution in [0, 0.1) is 0 Å². The second kappa shape index (κ2) is 2.28. The number of hydrogen-bond acceptors (Lipinski definition) is 1. The molecule has 0 saturated heterocycles. The van der Waals surface area contributed by atoms with Gasteiger partial charge >= 0.3 is 0 Å². The van der Waals surface area contributed by atoms with Crippen LogP contribution in [0.15, 0.2) is 18.2 Å². The van der Waals surface area contributed by atoms with Crippen molar-refractivity contribution < 1.29 is 0 Å². The third-order valence-corrected chi connectivity index (χ3v) is 3.78. The van der Waals surface area contributed by atoms with Crippen LogP contribution in [0.2, 0.25) is 5.02 Å². The van der Waals surface area contributed by atoms with Gasteiger partial charge in [-0.1, -0.05) is 17.7 Å². The molecule has 1 aromatic rings. The fourth-order valence-electron chi connectivity index (χ4n) is 2.60. The fourth-order valence-corrected chi connectivity index (χ4v) is 2.77. The van der Waals surface area contributed by atoms with Gasteiger partial charge in [-0.05, 0) is 42.5 Å². The molecule has 1 unspecified atom stereocenters. The Hall–Kier alpha value is -0.530. The van der Waals surface area contributed by atoms with Gasteiger partial charge in [-0.15, -0.1) is 0 Å². The van der Waals surface area contributed by atoms with Gasteiger partial charge in [0.05, 0.1) is 0 Å². The average molecular weight is 194 g/mol. The molecule has 0 bridgehead atoms. The van der Waals surface area contributed by atoms with E-state index in [0.717, 1.165) is 11.4 Å². The van der Waals surface area contributed by atoms with Crippen molar-refractivity contribution in [3.63, 3.8) is 0 Å². The molecule has 0 radical (unpaired) electrons. The Morgan fingerprint density at radius 1 is 1.38 bits per heavy atom. The summed E-state index contributed by atoms with van der Waals surface area (Å²) in [7, 11) is 0. The van der Waals surface area contributed by atoms with E-state index in [1.807, 2.05) is 6.07 Å². The normalized spacial score (nSPS) is 27.7. The molecule has 68 valence electrons. The van der Waals surface area contributed by atoms with Crippen LogP contribution < -0.4 is 5.73 Å². The first-order valence-electron chi connectivity index (χ1n) is 4.77. The van der Waals surface area contributed by atoms with Gasteiger partial charge in [0.1, 0.15) is 0 Å². The summed E-state index contributed by atoms with van der Waals surface area (Å²) in [6.45, 7) is 0. The topological polar surface area (TPSA) is 26.0 Å². The molecule has 1 nitrogen and oxygen atoms in total. The van der Waals surface area contributed by atoms with Gasteiger partial charge in [0.15, 0.2) is 0 Å². The van der Waals surface area contributed by atoms with Crippen molar-refractivity contribution in [1.29, 1.82) is 0 Å². The molecule has 0 aliphatic heterocycles. The minimum atomic E-state index is 0.320. The lowest BCUT2D eigenvalue weighted by molar-refractivity contribution is 0.563. The Bertz CT molecular complexity index is 368. The van der Waals surface area contributed by atoms with Gasteiger partial charge < -0.3 is 5.73 Å². The third kappa shape index (κ3) is 0.918. The van der Waals surface area contributed by atoms with E-state index < -0.39 is 0 Å². The van der Waals surface area contributed by atoms with E-state index in [1.54, 1.807) is 0 Å². The molecule has 1 spiro atoms. The van der Waals surface area contributed by atoms with Crippen molar-refractivity contribution in [2.45, 2.75) is 30.7 Å². The first-order valence-corrected chi connectivity index (χ1v) is 5.15. The lowest BCUT2D eigenvalue weighted by Crippen LogP contribution is -2.30. The fraction of sp³-hybridized carbons (Fsp3) is 0.455. The molecule has 1 aromatic carbocycles. The summed E-state index contributed by atoms with van der Waals surface area (Å²) in [5, 5.41) is 0.846. The van der Waals surface area contributed by atoms with Gasteiger partial charge in [-0.2, -0.15) is 0 Å². The van der Waals surface area contributed by atoms with E-state index in [0.29, 0.717) is 11.5 Å². The summed E-state index contributed by atoms with van der Waals surface area (Å²) in [5.41, 5.74) is 9.29. The Labute approximate surface area is 82.9 Å². The molecule has 1 atom stereocenters. The molecule has 0 amide bonds. The van der Waals surface area contributed by atoms with Crippen LogP contribution in [0.1, 0.15) is 24.0 Å². The smallest absolute Gasteiger partial charge is 0.0409 e. The van der Waals surface area contributed by atoms with Crippen molar-refractivity contribution in [3.05, 3.63) is 34.3 Å². The van der Waals surface area contributed by atoms with Gasteiger partial charge in [-0.3, -0.25) is 0 Å². The minimum Gasteiger partial charge on any atom is -0.327 e.